The Labute approximate surface area is 139 Å². The number of pyridine rings is 1. The van der Waals surface area contributed by atoms with E-state index >= 15 is 0 Å². The molecule has 3 aromatic rings. The molecular formula is C16H13BrN2O4. The van der Waals surface area contributed by atoms with Crippen molar-refractivity contribution in [2.75, 3.05) is 0 Å². The molecule has 0 amide bonds. The molecule has 3 rings (SSSR count). The number of aromatic nitrogens is 2. The van der Waals surface area contributed by atoms with Gasteiger partial charge < -0.3 is 9.26 Å². The molecule has 118 valence electrons. The molecule has 0 N–H and O–H groups in total. The minimum Gasteiger partial charge on any atom is -0.459 e. The summed E-state index contributed by atoms with van der Waals surface area (Å²) < 4.78 is 12.8. The fourth-order valence-electron chi connectivity index (χ4n) is 2.24. The summed E-state index contributed by atoms with van der Waals surface area (Å²) in [5, 5.41) is 0.435. The maximum Gasteiger partial charge on any atom is 0.303 e. The van der Waals surface area contributed by atoms with Crippen molar-refractivity contribution in [3.8, 4) is 5.69 Å². The molecule has 0 aliphatic heterocycles. The van der Waals surface area contributed by atoms with Crippen molar-refractivity contribution in [1.82, 2.24) is 9.72 Å². The highest BCUT2D eigenvalue weighted by molar-refractivity contribution is 9.10. The zero-order valence-corrected chi connectivity index (χ0v) is 14.1. The maximum absolute atomic E-state index is 12.6. The number of nitrogens with zero attached hydrogens (tertiary/aromatic N) is 2. The summed E-state index contributed by atoms with van der Waals surface area (Å²) in [5.74, 6) is -0.421. The number of hydrogen-bond acceptors (Lipinski definition) is 5. The van der Waals surface area contributed by atoms with E-state index < -0.39 is 5.97 Å². The minimum atomic E-state index is -0.421. The first kappa shape index (κ1) is 15.5. The van der Waals surface area contributed by atoms with Gasteiger partial charge in [-0.25, -0.2) is 0 Å². The van der Waals surface area contributed by atoms with Gasteiger partial charge in [0.25, 0.3) is 5.56 Å². The van der Waals surface area contributed by atoms with Gasteiger partial charge in [0.1, 0.15) is 12.3 Å². The van der Waals surface area contributed by atoms with E-state index in [0.29, 0.717) is 27.9 Å². The van der Waals surface area contributed by atoms with Crippen LogP contribution in [0.5, 0.6) is 0 Å². The van der Waals surface area contributed by atoms with Crippen molar-refractivity contribution in [2.24, 2.45) is 0 Å². The van der Waals surface area contributed by atoms with Crippen LogP contribution in [0.4, 0.5) is 0 Å². The van der Waals surface area contributed by atoms with Gasteiger partial charge in [-0.2, -0.15) is 0 Å². The molecule has 0 bridgehead atoms. The molecule has 2 heterocycles. The molecule has 0 aliphatic rings. The normalized spacial score (nSPS) is 10.9. The predicted octanol–water partition coefficient (Wildman–Crippen LogP) is 3.11. The van der Waals surface area contributed by atoms with Gasteiger partial charge in [0.15, 0.2) is 5.58 Å². The molecule has 2 aromatic heterocycles. The van der Waals surface area contributed by atoms with E-state index in [1.54, 1.807) is 25.3 Å². The zero-order chi connectivity index (χ0) is 16.6. The van der Waals surface area contributed by atoms with Crippen molar-refractivity contribution in [2.45, 2.75) is 20.5 Å². The lowest BCUT2D eigenvalue weighted by Gasteiger charge is -2.02. The van der Waals surface area contributed by atoms with Crippen molar-refractivity contribution >= 4 is 32.9 Å². The highest BCUT2D eigenvalue weighted by atomic mass is 79.9. The molecule has 0 aliphatic carbocycles. The summed E-state index contributed by atoms with van der Waals surface area (Å²) in [6.45, 7) is 3.06. The van der Waals surface area contributed by atoms with Crippen LogP contribution in [0.15, 0.2) is 44.3 Å². The fourth-order valence-corrected chi connectivity index (χ4v) is 2.50. The molecule has 23 heavy (non-hydrogen) atoms. The Morgan fingerprint density at radius 3 is 2.70 bits per heavy atom. The SMILES string of the molecule is CC(=O)OCc1ncc(C)c2c(=O)n(-c3ccc(Br)cc3)oc12. The Balaban J connectivity index is 2.18. The van der Waals surface area contributed by atoms with Crippen LogP contribution in [0.3, 0.4) is 0 Å². The average Bonchev–Trinajstić information content (AvgIpc) is 2.86. The first-order chi connectivity index (χ1) is 11.0. The number of aryl methyl sites for hydroxylation is 1. The largest absolute Gasteiger partial charge is 0.459 e. The van der Waals surface area contributed by atoms with Crippen molar-refractivity contribution < 1.29 is 14.1 Å². The Bertz CT molecular complexity index is 941. The van der Waals surface area contributed by atoms with Crippen LogP contribution < -0.4 is 5.56 Å². The molecule has 7 heteroatoms. The van der Waals surface area contributed by atoms with Gasteiger partial charge in [-0.1, -0.05) is 15.9 Å². The third-order valence-electron chi connectivity index (χ3n) is 3.35. The first-order valence-electron chi connectivity index (χ1n) is 6.87. The second kappa shape index (κ2) is 6.00. The number of halogens is 1. The van der Waals surface area contributed by atoms with Crippen LogP contribution in [0.25, 0.3) is 16.7 Å². The highest BCUT2D eigenvalue weighted by Crippen LogP contribution is 2.21. The second-order valence-electron chi connectivity index (χ2n) is 5.04. The number of esters is 1. The summed E-state index contributed by atoms with van der Waals surface area (Å²) in [7, 11) is 0. The number of benzene rings is 1. The van der Waals surface area contributed by atoms with E-state index in [9.17, 15) is 9.59 Å². The monoisotopic (exact) mass is 376 g/mol. The number of carbonyl (C=O) groups is 1. The smallest absolute Gasteiger partial charge is 0.303 e. The third kappa shape index (κ3) is 2.92. The number of carbonyl (C=O) groups excluding carboxylic acids is 1. The Kier molecular flexibility index (Phi) is 4.04. The van der Waals surface area contributed by atoms with Gasteiger partial charge >= 0.3 is 5.97 Å². The zero-order valence-electron chi connectivity index (χ0n) is 12.5. The van der Waals surface area contributed by atoms with Crippen LogP contribution in [-0.2, 0) is 16.1 Å². The lowest BCUT2D eigenvalue weighted by Crippen LogP contribution is -2.12. The molecule has 0 saturated carbocycles. The van der Waals surface area contributed by atoms with Gasteiger partial charge in [0, 0.05) is 17.6 Å². The van der Waals surface area contributed by atoms with E-state index in [0.717, 1.165) is 4.47 Å². The Morgan fingerprint density at radius 2 is 2.04 bits per heavy atom. The van der Waals surface area contributed by atoms with Crippen molar-refractivity contribution in [3.05, 3.63) is 56.5 Å². The Morgan fingerprint density at radius 1 is 1.35 bits per heavy atom. The third-order valence-corrected chi connectivity index (χ3v) is 3.88. The standard InChI is InChI=1S/C16H13BrN2O4/c1-9-7-18-13(8-22-10(2)20)15-14(9)16(21)19(23-15)12-5-3-11(17)4-6-12/h3-7H,8H2,1-2H3. The van der Waals surface area contributed by atoms with Gasteiger partial charge in [-0.05, 0) is 36.8 Å². The number of rotatable bonds is 3. The lowest BCUT2D eigenvalue weighted by molar-refractivity contribution is -0.142. The van der Waals surface area contributed by atoms with Gasteiger partial charge in [0.2, 0.25) is 0 Å². The van der Waals surface area contributed by atoms with E-state index in [2.05, 4.69) is 20.9 Å². The second-order valence-corrected chi connectivity index (χ2v) is 5.96. The van der Waals surface area contributed by atoms with Crippen molar-refractivity contribution in [3.63, 3.8) is 0 Å². The van der Waals surface area contributed by atoms with E-state index in [1.807, 2.05) is 12.1 Å². The molecular weight excluding hydrogens is 364 g/mol. The van der Waals surface area contributed by atoms with Crippen LogP contribution in [0, 0.1) is 6.92 Å². The summed E-state index contributed by atoms with van der Waals surface area (Å²) in [5.41, 5.74) is 1.78. The summed E-state index contributed by atoms with van der Waals surface area (Å²) in [6.07, 6.45) is 1.57. The summed E-state index contributed by atoms with van der Waals surface area (Å²) in [6, 6.07) is 7.17. The van der Waals surface area contributed by atoms with Crippen LogP contribution in [-0.4, -0.2) is 15.7 Å². The quantitative estimate of drug-likeness (QED) is 0.656. The molecule has 0 spiro atoms. The molecule has 0 unspecified atom stereocenters. The number of hydrogen-bond donors (Lipinski definition) is 0. The topological polar surface area (TPSA) is 74.3 Å². The molecule has 0 atom stereocenters. The number of ether oxygens (including phenoxy) is 1. The van der Waals surface area contributed by atoms with E-state index in [1.165, 1.54) is 11.7 Å². The molecule has 1 aromatic carbocycles. The van der Waals surface area contributed by atoms with E-state index in [-0.39, 0.29) is 12.2 Å². The van der Waals surface area contributed by atoms with Gasteiger partial charge in [-0.15, -0.1) is 4.74 Å². The summed E-state index contributed by atoms with van der Waals surface area (Å²) >= 11 is 3.35. The van der Waals surface area contributed by atoms with Gasteiger partial charge in [0.05, 0.1) is 11.1 Å². The molecule has 6 nitrogen and oxygen atoms in total. The maximum atomic E-state index is 12.6. The number of fused-ring (bicyclic) bond motifs is 1. The molecule has 0 radical (unpaired) electrons. The predicted molar refractivity (Wildman–Crippen MR) is 87.5 cm³/mol. The van der Waals surface area contributed by atoms with E-state index in [4.69, 9.17) is 9.26 Å². The summed E-state index contributed by atoms with van der Waals surface area (Å²) in [4.78, 5) is 27.9. The molecule has 0 saturated heterocycles. The first-order valence-corrected chi connectivity index (χ1v) is 7.66. The fraction of sp³-hybridized carbons (Fsp3) is 0.188. The molecule has 0 fully saturated rings. The highest BCUT2D eigenvalue weighted by Gasteiger charge is 2.18. The van der Waals surface area contributed by atoms with Crippen LogP contribution in [0.2, 0.25) is 0 Å². The Hall–Kier alpha value is -2.41. The van der Waals surface area contributed by atoms with Gasteiger partial charge in [-0.3, -0.25) is 14.6 Å². The van der Waals surface area contributed by atoms with Crippen LogP contribution >= 0.6 is 15.9 Å². The van der Waals surface area contributed by atoms with Crippen LogP contribution in [0.1, 0.15) is 18.2 Å². The average molecular weight is 377 g/mol. The minimum absolute atomic E-state index is 0.0423. The lowest BCUT2D eigenvalue weighted by atomic mass is 10.2. The van der Waals surface area contributed by atoms with Crippen molar-refractivity contribution in [1.29, 1.82) is 0 Å².